The first kappa shape index (κ1) is 28.2. The van der Waals surface area contributed by atoms with Gasteiger partial charge in [-0.15, -0.1) is 0 Å². The van der Waals surface area contributed by atoms with Crippen molar-refractivity contribution in [3.63, 3.8) is 0 Å². The summed E-state index contributed by atoms with van der Waals surface area (Å²) in [6.07, 6.45) is 3.77. The largest absolute Gasteiger partial charge is 0 e. The minimum absolute atomic E-state index is 0. The molecule has 0 saturated heterocycles. The third-order valence-electron chi connectivity index (χ3n) is 3.06. The van der Waals surface area contributed by atoms with Gasteiger partial charge < -0.3 is 0 Å². The van der Waals surface area contributed by atoms with Gasteiger partial charge in [0.1, 0.15) is 0 Å². The molecule has 1 rings (SSSR count). The first-order valence-corrected chi connectivity index (χ1v) is 6.31. The van der Waals surface area contributed by atoms with Gasteiger partial charge in [0.05, 0.1) is 0 Å². The van der Waals surface area contributed by atoms with E-state index in [4.69, 9.17) is 14.0 Å². The molecule has 0 aliphatic heterocycles. The van der Waals surface area contributed by atoms with Gasteiger partial charge in [-0.2, -0.15) is 0 Å². The Morgan fingerprint density at radius 2 is 0.810 bits per heavy atom. The van der Waals surface area contributed by atoms with Gasteiger partial charge in [-0.05, 0) is 36.8 Å². The van der Waals surface area contributed by atoms with Crippen molar-refractivity contribution in [2.75, 3.05) is 0 Å². The Hall–Kier alpha value is -1.01. The van der Waals surface area contributed by atoms with Gasteiger partial charge in [-0.25, -0.2) is 0 Å². The molecule has 0 heterocycles. The molecule has 0 unspecified atom stereocenters. The number of hydrogen-bond donors (Lipinski definition) is 0. The molecule has 1 aliphatic carbocycles. The first-order chi connectivity index (χ1) is 9.71. The van der Waals surface area contributed by atoms with Crippen LogP contribution in [0.15, 0.2) is 22.3 Å². The van der Waals surface area contributed by atoms with Gasteiger partial charge in [0.25, 0.3) is 0 Å². The number of Topliss-reactive ketones (excluding diaryl/α,β-unsaturated/α-hetero) is 1. The van der Waals surface area contributed by atoms with E-state index in [0.717, 1.165) is 36.8 Å². The minimum atomic E-state index is 0. The van der Waals surface area contributed by atoms with Crippen molar-refractivity contribution in [2.24, 2.45) is 0 Å². The number of hydrogen-bond acceptors (Lipinski definition) is 1. The summed E-state index contributed by atoms with van der Waals surface area (Å²) in [6, 6.07) is 0. The standard InChI is InChI=1S/C13H20O.3CO.Ru/c1-5-9-10(6-2)12(8-4)13(14)11(9)7-3;3*1-2;/h5-8H2,1-4H3;;;;. The molecule has 0 aromatic heterocycles. The van der Waals surface area contributed by atoms with Crippen molar-refractivity contribution >= 4 is 5.78 Å². The predicted octanol–water partition coefficient (Wildman–Crippen LogP) is 3.69. The summed E-state index contributed by atoms with van der Waals surface area (Å²) in [4.78, 5) is 12.0. The molecule has 0 amide bonds. The van der Waals surface area contributed by atoms with Gasteiger partial charge in [0, 0.05) is 30.6 Å². The Bertz CT molecular complexity index is 381. The van der Waals surface area contributed by atoms with E-state index >= 15 is 0 Å². The summed E-state index contributed by atoms with van der Waals surface area (Å²) in [5.41, 5.74) is 4.80. The van der Waals surface area contributed by atoms with E-state index in [-0.39, 0.29) is 19.5 Å². The molecule has 0 N–H and O–H groups in total. The molecule has 0 saturated carbocycles. The Balaban J connectivity index is -0.000000183. The third-order valence-corrected chi connectivity index (χ3v) is 3.06. The zero-order valence-corrected chi connectivity index (χ0v) is 14.6. The smallest absolute Gasteiger partial charge is 0 e. The van der Waals surface area contributed by atoms with E-state index in [1.165, 1.54) is 11.1 Å². The fourth-order valence-corrected chi connectivity index (χ4v) is 2.42. The maximum absolute atomic E-state index is 12.0. The molecule has 116 valence electrons. The molecule has 0 spiro atoms. The van der Waals surface area contributed by atoms with Crippen LogP contribution in [-0.2, 0) is 38.2 Å². The van der Waals surface area contributed by atoms with E-state index in [2.05, 4.69) is 47.6 Å². The van der Waals surface area contributed by atoms with Crippen molar-refractivity contribution in [1.82, 2.24) is 0 Å². The van der Waals surface area contributed by atoms with Crippen LogP contribution in [-0.4, -0.2) is 5.78 Å². The van der Waals surface area contributed by atoms with Crippen LogP contribution in [0.25, 0.3) is 0 Å². The van der Waals surface area contributed by atoms with E-state index < -0.39 is 0 Å². The van der Waals surface area contributed by atoms with Crippen molar-refractivity contribution in [1.29, 1.82) is 0 Å². The molecule has 0 radical (unpaired) electrons. The molecule has 0 bridgehead atoms. The normalized spacial score (nSPS) is 11.8. The van der Waals surface area contributed by atoms with Crippen LogP contribution >= 0.6 is 0 Å². The quantitative estimate of drug-likeness (QED) is 0.418. The van der Waals surface area contributed by atoms with Crippen LogP contribution < -0.4 is 0 Å². The third kappa shape index (κ3) is 7.53. The number of rotatable bonds is 4. The number of carbonyl (C=O) groups is 1. The van der Waals surface area contributed by atoms with Crippen molar-refractivity contribution < 1.29 is 38.2 Å². The van der Waals surface area contributed by atoms with Crippen LogP contribution in [0, 0.1) is 20.0 Å². The molecule has 4 nitrogen and oxygen atoms in total. The second kappa shape index (κ2) is 19.0. The summed E-state index contributed by atoms with van der Waals surface area (Å²) >= 11 is 0. The summed E-state index contributed by atoms with van der Waals surface area (Å²) in [5, 5.41) is 0. The summed E-state index contributed by atoms with van der Waals surface area (Å²) < 4.78 is 22.5. The molecule has 1 aliphatic rings. The molecule has 0 aromatic rings. The van der Waals surface area contributed by atoms with Crippen LogP contribution in [0.4, 0.5) is 0 Å². The fraction of sp³-hybridized carbons (Fsp3) is 0.500. The second-order valence-corrected chi connectivity index (χ2v) is 3.66. The molecule has 21 heavy (non-hydrogen) atoms. The summed E-state index contributed by atoms with van der Waals surface area (Å²) in [7, 11) is 0. The van der Waals surface area contributed by atoms with E-state index in [1.54, 1.807) is 0 Å². The summed E-state index contributed by atoms with van der Waals surface area (Å²) in [5.74, 6) is 0.323. The van der Waals surface area contributed by atoms with Crippen molar-refractivity contribution in [3.05, 3.63) is 42.2 Å². The van der Waals surface area contributed by atoms with Crippen LogP contribution in [0.5, 0.6) is 0 Å². The van der Waals surface area contributed by atoms with Gasteiger partial charge in [-0.1, -0.05) is 27.7 Å². The maximum atomic E-state index is 12.0. The predicted molar refractivity (Wildman–Crippen MR) is 72.0 cm³/mol. The fourth-order valence-electron chi connectivity index (χ4n) is 2.42. The molecular weight excluding hydrogens is 357 g/mol. The zero-order chi connectivity index (χ0) is 16.7. The average Bonchev–Trinajstić information content (AvgIpc) is 2.83. The van der Waals surface area contributed by atoms with Crippen molar-refractivity contribution in [2.45, 2.75) is 53.4 Å². The SMILES string of the molecule is CCC1=C(CC)C(CC)=C(CC)C1=O.[C-]#[O+].[C-]#[O+].[C-]#[O+].[Ru]. The van der Waals surface area contributed by atoms with Crippen molar-refractivity contribution in [3.8, 4) is 0 Å². The van der Waals surface area contributed by atoms with E-state index in [0.29, 0.717) is 5.78 Å². The van der Waals surface area contributed by atoms with E-state index in [9.17, 15) is 4.79 Å². The maximum Gasteiger partial charge on any atom is 0 e. The zero-order valence-electron chi connectivity index (χ0n) is 12.8. The Morgan fingerprint density at radius 3 is 0.952 bits per heavy atom. The number of ketones is 1. The second-order valence-electron chi connectivity index (χ2n) is 3.66. The molecule has 0 atom stereocenters. The van der Waals surface area contributed by atoms with Gasteiger partial charge in [0.15, 0.2) is 5.78 Å². The van der Waals surface area contributed by atoms with Gasteiger partial charge in [0.2, 0.25) is 0 Å². The number of allylic oxidation sites excluding steroid dienone is 4. The monoisotopic (exact) mass is 378 g/mol. The summed E-state index contributed by atoms with van der Waals surface area (Å²) in [6.45, 7) is 21.9. The Morgan fingerprint density at radius 1 is 0.619 bits per heavy atom. The Kier molecular flexibility index (Phi) is 25.5. The van der Waals surface area contributed by atoms with E-state index in [1.807, 2.05) is 0 Å². The average molecular weight is 377 g/mol. The Labute approximate surface area is 140 Å². The minimum Gasteiger partial charge on any atom is 0 e. The first-order valence-electron chi connectivity index (χ1n) is 6.31. The van der Waals surface area contributed by atoms with Crippen LogP contribution in [0.1, 0.15) is 53.4 Å². The number of carbonyl (C=O) groups excluding carboxylic acids is 1. The van der Waals surface area contributed by atoms with Crippen LogP contribution in [0.3, 0.4) is 0 Å². The molecule has 0 aromatic carbocycles. The topological polar surface area (TPSA) is 76.8 Å². The van der Waals surface area contributed by atoms with Gasteiger partial charge in [-0.3, -0.25) is 4.79 Å². The van der Waals surface area contributed by atoms with Crippen LogP contribution in [0.2, 0.25) is 0 Å². The van der Waals surface area contributed by atoms with Gasteiger partial charge >= 0.3 is 33.9 Å². The molecular formula is C16H20O4Ru. The molecule has 5 heteroatoms. The molecule has 0 fully saturated rings.